The summed E-state index contributed by atoms with van der Waals surface area (Å²) in [5.41, 5.74) is 0.878. The second-order valence-electron chi connectivity index (χ2n) is 6.27. The van der Waals surface area contributed by atoms with Gasteiger partial charge in [-0.15, -0.1) is 0 Å². The summed E-state index contributed by atoms with van der Waals surface area (Å²) in [6.07, 6.45) is 4.52. The van der Waals surface area contributed by atoms with Crippen molar-refractivity contribution in [3.05, 3.63) is 78.3 Å². The molecule has 2 aromatic heterocycles. The Hall–Kier alpha value is -3.44. The second kappa shape index (κ2) is 10.0. The number of rotatable bonds is 9. The third-order valence-electron chi connectivity index (χ3n) is 4.02. The molecule has 162 valence electrons. The normalized spacial score (nSPS) is 11.2. The number of pyridine rings is 2. The van der Waals surface area contributed by atoms with Crippen LogP contribution in [0.2, 0.25) is 0 Å². The number of hydrogen-bond donors (Lipinski definition) is 2. The molecular weight excluding hydrogens is 430 g/mol. The van der Waals surface area contributed by atoms with Crippen molar-refractivity contribution in [3.8, 4) is 5.75 Å². The Morgan fingerprint density at radius 3 is 2.55 bits per heavy atom. The summed E-state index contributed by atoms with van der Waals surface area (Å²) in [5, 5.41) is 2.56. The van der Waals surface area contributed by atoms with Crippen molar-refractivity contribution in [1.29, 1.82) is 0 Å². The number of anilines is 1. The molecule has 0 aliphatic carbocycles. The molecule has 0 aliphatic heterocycles. The van der Waals surface area contributed by atoms with Gasteiger partial charge in [-0.1, -0.05) is 0 Å². The number of ether oxygens (including phenoxy) is 1. The van der Waals surface area contributed by atoms with Gasteiger partial charge in [0.25, 0.3) is 0 Å². The van der Waals surface area contributed by atoms with Crippen LogP contribution >= 0.6 is 0 Å². The van der Waals surface area contributed by atoms with E-state index in [1.165, 1.54) is 6.20 Å². The number of amides is 1. The van der Waals surface area contributed by atoms with E-state index in [1.54, 1.807) is 36.7 Å². The van der Waals surface area contributed by atoms with Crippen LogP contribution in [0.15, 0.2) is 66.0 Å². The van der Waals surface area contributed by atoms with Crippen LogP contribution < -0.4 is 14.8 Å². The first-order valence-electron chi connectivity index (χ1n) is 9.06. The maximum atomic E-state index is 13.3. The lowest BCUT2D eigenvalue weighted by Gasteiger charge is -2.12. The van der Waals surface area contributed by atoms with E-state index in [2.05, 4.69) is 20.0 Å². The Morgan fingerprint density at radius 2 is 1.81 bits per heavy atom. The quantitative estimate of drug-likeness (QED) is 0.521. The number of carbonyl (C=O) groups excluding carboxylic acids is 1. The molecule has 0 saturated heterocycles. The molecule has 0 fully saturated rings. The largest absolute Gasteiger partial charge is 0.485 e. The molecule has 3 rings (SSSR count). The monoisotopic (exact) mass is 448 g/mol. The van der Waals surface area contributed by atoms with Gasteiger partial charge in [0, 0.05) is 31.6 Å². The van der Waals surface area contributed by atoms with Crippen molar-refractivity contribution in [3.63, 3.8) is 0 Å². The van der Waals surface area contributed by atoms with Gasteiger partial charge in [-0.05, 0) is 48.0 Å². The first kappa shape index (κ1) is 22.2. The van der Waals surface area contributed by atoms with E-state index in [0.29, 0.717) is 17.9 Å². The number of carbonyl (C=O) groups is 1. The minimum Gasteiger partial charge on any atom is -0.485 e. The van der Waals surface area contributed by atoms with E-state index < -0.39 is 32.5 Å². The van der Waals surface area contributed by atoms with Crippen LogP contribution in [-0.2, 0) is 21.4 Å². The molecule has 0 atom stereocenters. The Bertz CT molecular complexity index is 1160. The molecule has 0 aliphatic rings. The SMILES string of the molecule is O=C(CCNS(=O)(=O)c1ccc(F)c(F)c1)Nc1ncccc1OCc1ccncc1. The Morgan fingerprint density at radius 1 is 1.03 bits per heavy atom. The molecule has 8 nitrogen and oxygen atoms in total. The predicted molar refractivity (Wildman–Crippen MR) is 108 cm³/mol. The fourth-order valence-corrected chi connectivity index (χ4v) is 3.51. The summed E-state index contributed by atoms with van der Waals surface area (Å²) < 4.78 is 58.4. The van der Waals surface area contributed by atoms with Gasteiger partial charge >= 0.3 is 0 Å². The number of aromatic nitrogens is 2. The molecule has 11 heteroatoms. The van der Waals surface area contributed by atoms with Gasteiger partial charge in [-0.2, -0.15) is 0 Å². The van der Waals surface area contributed by atoms with Crippen LogP contribution in [0.25, 0.3) is 0 Å². The molecule has 31 heavy (non-hydrogen) atoms. The Labute approximate surface area is 177 Å². The van der Waals surface area contributed by atoms with E-state index >= 15 is 0 Å². The van der Waals surface area contributed by atoms with Crippen LogP contribution in [0.1, 0.15) is 12.0 Å². The lowest BCUT2D eigenvalue weighted by molar-refractivity contribution is -0.116. The zero-order chi connectivity index (χ0) is 22.3. The molecule has 2 heterocycles. The lowest BCUT2D eigenvalue weighted by atomic mass is 10.3. The van der Waals surface area contributed by atoms with Crippen molar-refractivity contribution >= 4 is 21.7 Å². The maximum absolute atomic E-state index is 13.3. The molecular formula is C20H18F2N4O4S. The molecule has 0 spiro atoms. The van der Waals surface area contributed by atoms with Gasteiger partial charge in [-0.3, -0.25) is 9.78 Å². The first-order chi connectivity index (χ1) is 14.8. The summed E-state index contributed by atoms with van der Waals surface area (Å²) >= 11 is 0. The highest BCUT2D eigenvalue weighted by Gasteiger charge is 2.17. The number of benzene rings is 1. The molecule has 2 N–H and O–H groups in total. The fraction of sp³-hybridized carbons (Fsp3) is 0.150. The van der Waals surface area contributed by atoms with Gasteiger partial charge in [0.05, 0.1) is 4.90 Å². The predicted octanol–water partition coefficient (Wildman–Crippen LogP) is 2.64. The van der Waals surface area contributed by atoms with Crippen LogP contribution in [0.3, 0.4) is 0 Å². The molecule has 0 radical (unpaired) electrons. The molecule has 3 aromatic rings. The van der Waals surface area contributed by atoms with Gasteiger partial charge in [-0.25, -0.2) is 26.9 Å². The highest BCUT2D eigenvalue weighted by Crippen LogP contribution is 2.22. The van der Waals surface area contributed by atoms with Crippen molar-refractivity contribution in [2.24, 2.45) is 0 Å². The summed E-state index contributed by atoms with van der Waals surface area (Å²) in [7, 11) is -4.10. The maximum Gasteiger partial charge on any atom is 0.240 e. The zero-order valence-electron chi connectivity index (χ0n) is 16.1. The number of nitrogens with one attached hydrogen (secondary N) is 2. The van der Waals surface area contributed by atoms with Gasteiger partial charge in [0.15, 0.2) is 23.2 Å². The smallest absolute Gasteiger partial charge is 0.240 e. The highest BCUT2D eigenvalue weighted by atomic mass is 32.2. The third-order valence-corrected chi connectivity index (χ3v) is 5.48. The number of sulfonamides is 1. The number of halogens is 2. The Balaban J connectivity index is 1.54. The summed E-state index contributed by atoms with van der Waals surface area (Å²) in [4.78, 5) is 19.7. The van der Waals surface area contributed by atoms with Crippen molar-refractivity contribution in [2.75, 3.05) is 11.9 Å². The average Bonchev–Trinajstić information content (AvgIpc) is 2.75. The number of hydrogen-bond acceptors (Lipinski definition) is 6. The molecule has 0 unspecified atom stereocenters. The van der Waals surface area contributed by atoms with Crippen LogP contribution in [-0.4, -0.2) is 30.8 Å². The van der Waals surface area contributed by atoms with E-state index in [-0.39, 0.29) is 25.4 Å². The van der Waals surface area contributed by atoms with Gasteiger partial charge in [0.1, 0.15) is 6.61 Å². The average molecular weight is 448 g/mol. The zero-order valence-corrected chi connectivity index (χ0v) is 16.9. The lowest BCUT2D eigenvalue weighted by Crippen LogP contribution is -2.28. The van der Waals surface area contributed by atoms with Crippen molar-refractivity contribution in [1.82, 2.24) is 14.7 Å². The topological polar surface area (TPSA) is 110 Å². The summed E-state index contributed by atoms with van der Waals surface area (Å²) in [5.74, 6) is -2.42. The van der Waals surface area contributed by atoms with Crippen molar-refractivity contribution in [2.45, 2.75) is 17.9 Å². The minimum atomic E-state index is -4.10. The second-order valence-corrected chi connectivity index (χ2v) is 8.03. The van der Waals surface area contributed by atoms with Crippen LogP contribution in [0.4, 0.5) is 14.6 Å². The van der Waals surface area contributed by atoms with E-state index in [4.69, 9.17) is 4.74 Å². The summed E-state index contributed by atoms with van der Waals surface area (Å²) in [6, 6.07) is 9.06. The van der Waals surface area contributed by atoms with E-state index in [0.717, 1.165) is 11.6 Å². The fourth-order valence-electron chi connectivity index (χ4n) is 2.46. The minimum absolute atomic E-state index is 0.185. The van der Waals surface area contributed by atoms with E-state index in [1.807, 2.05) is 0 Å². The number of nitrogens with zero attached hydrogens (tertiary/aromatic N) is 2. The van der Waals surface area contributed by atoms with E-state index in [9.17, 15) is 22.0 Å². The van der Waals surface area contributed by atoms with Crippen LogP contribution in [0, 0.1) is 11.6 Å². The molecule has 0 saturated carbocycles. The molecule has 1 aromatic carbocycles. The molecule has 1 amide bonds. The summed E-state index contributed by atoms with van der Waals surface area (Å²) in [6.45, 7) is -0.0156. The highest BCUT2D eigenvalue weighted by molar-refractivity contribution is 7.89. The molecule has 0 bridgehead atoms. The first-order valence-corrected chi connectivity index (χ1v) is 10.5. The third kappa shape index (κ3) is 6.27. The standard InChI is InChI=1S/C20H18F2N4O4S/c21-16-4-3-15(12-17(16)22)31(28,29)25-11-7-19(27)26-20-18(2-1-8-24-20)30-13-14-5-9-23-10-6-14/h1-6,8-10,12,25H,7,11,13H2,(H,24,26,27). The van der Waals surface area contributed by atoms with Gasteiger partial charge in [0.2, 0.25) is 15.9 Å². The Kier molecular flexibility index (Phi) is 7.21. The van der Waals surface area contributed by atoms with Crippen molar-refractivity contribution < 1.29 is 26.7 Å². The van der Waals surface area contributed by atoms with Gasteiger partial charge < -0.3 is 10.1 Å². The van der Waals surface area contributed by atoms with Crippen LogP contribution in [0.5, 0.6) is 5.75 Å².